The van der Waals surface area contributed by atoms with Gasteiger partial charge in [0.25, 0.3) is 0 Å². The molecule has 3 rings (SSSR count). The maximum absolute atomic E-state index is 12.1. The maximum Gasteiger partial charge on any atom is 0.224 e. The minimum atomic E-state index is -0.0355. The third-order valence-electron chi connectivity index (χ3n) is 3.48. The van der Waals surface area contributed by atoms with Gasteiger partial charge in [-0.05, 0) is 13.8 Å². The minimum Gasteiger partial charge on any atom is -0.350 e. The van der Waals surface area contributed by atoms with Gasteiger partial charge >= 0.3 is 0 Å². The summed E-state index contributed by atoms with van der Waals surface area (Å²) >= 11 is 0. The lowest BCUT2D eigenvalue weighted by Gasteiger charge is -2.05. The molecule has 3 aromatic rings. The van der Waals surface area contributed by atoms with E-state index in [9.17, 15) is 4.79 Å². The largest absolute Gasteiger partial charge is 0.350 e. The van der Waals surface area contributed by atoms with Gasteiger partial charge in [0.05, 0.1) is 36.7 Å². The van der Waals surface area contributed by atoms with Crippen molar-refractivity contribution in [1.29, 1.82) is 0 Å². The summed E-state index contributed by atoms with van der Waals surface area (Å²) in [7, 11) is 0. The molecule has 3 aromatic heterocycles. The van der Waals surface area contributed by atoms with Crippen LogP contribution >= 0.6 is 0 Å². The highest BCUT2D eigenvalue weighted by Gasteiger charge is 2.12. The van der Waals surface area contributed by atoms with Gasteiger partial charge < -0.3 is 5.32 Å². The Morgan fingerprint density at radius 1 is 1.38 bits per heavy atom. The molecule has 7 nitrogen and oxygen atoms in total. The lowest BCUT2D eigenvalue weighted by atomic mass is 10.1. The molecule has 0 atom stereocenters. The standard InChI is InChI=1S/C14H16N6O/c1-9-12(10(2)19-18-9)5-14(21)17-7-11-6-16-13-8-15-3-4-20(11)13/h3-4,6,8H,5,7H2,1-2H3,(H,17,21)(H,18,19). The third-order valence-corrected chi connectivity index (χ3v) is 3.48. The molecule has 0 aliphatic carbocycles. The summed E-state index contributed by atoms with van der Waals surface area (Å²) in [4.78, 5) is 20.3. The van der Waals surface area contributed by atoms with Gasteiger partial charge in [0.15, 0.2) is 5.65 Å². The van der Waals surface area contributed by atoms with Crippen molar-refractivity contribution in [3.63, 3.8) is 0 Å². The number of carbonyl (C=O) groups is 1. The van der Waals surface area contributed by atoms with Crippen molar-refractivity contribution in [3.05, 3.63) is 47.4 Å². The van der Waals surface area contributed by atoms with E-state index in [2.05, 4.69) is 25.5 Å². The lowest BCUT2D eigenvalue weighted by Crippen LogP contribution is -2.25. The molecule has 7 heteroatoms. The zero-order valence-corrected chi connectivity index (χ0v) is 11.9. The van der Waals surface area contributed by atoms with E-state index in [1.54, 1.807) is 18.6 Å². The van der Waals surface area contributed by atoms with E-state index in [0.717, 1.165) is 28.3 Å². The number of aryl methyl sites for hydroxylation is 2. The molecule has 0 saturated carbocycles. The molecule has 0 radical (unpaired) electrons. The third kappa shape index (κ3) is 2.62. The molecule has 3 heterocycles. The fraction of sp³-hybridized carbons (Fsp3) is 0.286. The molecule has 2 N–H and O–H groups in total. The van der Waals surface area contributed by atoms with Crippen molar-refractivity contribution >= 4 is 11.6 Å². The Kier molecular flexibility index (Phi) is 3.39. The molecule has 0 aromatic carbocycles. The minimum absolute atomic E-state index is 0.0355. The number of hydrogen-bond acceptors (Lipinski definition) is 4. The quantitative estimate of drug-likeness (QED) is 0.746. The molecule has 21 heavy (non-hydrogen) atoms. The zero-order chi connectivity index (χ0) is 14.8. The second-order valence-corrected chi connectivity index (χ2v) is 4.92. The number of nitrogens with one attached hydrogen (secondary N) is 2. The Hall–Kier alpha value is -2.70. The summed E-state index contributed by atoms with van der Waals surface area (Å²) in [5.74, 6) is -0.0355. The van der Waals surface area contributed by atoms with Gasteiger partial charge in [0.1, 0.15) is 0 Å². The molecular formula is C14H16N6O. The first-order valence-electron chi connectivity index (χ1n) is 6.68. The van der Waals surface area contributed by atoms with E-state index in [0.29, 0.717) is 13.0 Å². The van der Waals surface area contributed by atoms with Crippen LogP contribution in [0.4, 0.5) is 0 Å². The van der Waals surface area contributed by atoms with E-state index in [1.165, 1.54) is 0 Å². The predicted octanol–water partition coefficient (Wildman–Crippen LogP) is 0.928. The fourth-order valence-corrected chi connectivity index (χ4v) is 2.27. The fourth-order valence-electron chi connectivity index (χ4n) is 2.27. The molecule has 0 fully saturated rings. The molecule has 0 aliphatic heterocycles. The maximum atomic E-state index is 12.1. The number of aromatic amines is 1. The van der Waals surface area contributed by atoms with E-state index in [1.807, 2.05) is 24.4 Å². The van der Waals surface area contributed by atoms with E-state index in [4.69, 9.17) is 0 Å². The lowest BCUT2D eigenvalue weighted by molar-refractivity contribution is -0.120. The molecule has 0 spiro atoms. The number of hydrogen-bond donors (Lipinski definition) is 2. The van der Waals surface area contributed by atoms with Crippen LogP contribution in [0, 0.1) is 13.8 Å². The zero-order valence-electron chi connectivity index (χ0n) is 11.9. The first kappa shape index (κ1) is 13.3. The van der Waals surface area contributed by atoms with Gasteiger partial charge in [-0.25, -0.2) is 4.98 Å². The monoisotopic (exact) mass is 284 g/mol. The van der Waals surface area contributed by atoms with Crippen LogP contribution in [-0.4, -0.2) is 30.5 Å². The average Bonchev–Trinajstić information content (AvgIpc) is 3.03. The van der Waals surface area contributed by atoms with Crippen LogP contribution in [0.5, 0.6) is 0 Å². The summed E-state index contributed by atoms with van der Waals surface area (Å²) in [5, 5.41) is 9.89. The van der Waals surface area contributed by atoms with Gasteiger partial charge in [-0.15, -0.1) is 0 Å². The topological polar surface area (TPSA) is 88.0 Å². The van der Waals surface area contributed by atoms with Crippen LogP contribution in [0.3, 0.4) is 0 Å². The van der Waals surface area contributed by atoms with Crippen molar-refractivity contribution in [2.24, 2.45) is 0 Å². The Morgan fingerprint density at radius 3 is 3.00 bits per heavy atom. The van der Waals surface area contributed by atoms with E-state index in [-0.39, 0.29) is 5.91 Å². The van der Waals surface area contributed by atoms with Crippen molar-refractivity contribution in [2.75, 3.05) is 0 Å². The number of rotatable bonds is 4. The Bertz CT molecular complexity index is 768. The van der Waals surface area contributed by atoms with Crippen molar-refractivity contribution in [3.8, 4) is 0 Å². The van der Waals surface area contributed by atoms with Crippen LogP contribution < -0.4 is 5.32 Å². The number of H-pyrrole nitrogens is 1. The van der Waals surface area contributed by atoms with Gasteiger partial charge in [0, 0.05) is 23.7 Å². The summed E-state index contributed by atoms with van der Waals surface area (Å²) in [6, 6.07) is 0. The Balaban J connectivity index is 1.66. The molecule has 0 unspecified atom stereocenters. The van der Waals surface area contributed by atoms with Crippen LogP contribution in [-0.2, 0) is 17.8 Å². The number of carbonyl (C=O) groups excluding carboxylic acids is 1. The van der Waals surface area contributed by atoms with Crippen LogP contribution in [0.2, 0.25) is 0 Å². The summed E-state index contributed by atoms with van der Waals surface area (Å²) < 4.78 is 1.90. The van der Waals surface area contributed by atoms with Gasteiger partial charge in [-0.2, -0.15) is 5.10 Å². The molecule has 0 aliphatic rings. The molecular weight excluding hydrogens is 268 g/mol. The average molecular weight is 284 g/mol. The number of aromatic nitrogens is 5. The number of imidazole rings is 1. The second-order valence-electron chi connectivity index (χ2n) is 4.92. The highest BCUT2D eigenvalue weighted by Crippen LogP contribution is 2.10. The van der Waals surface area contributed by atoms with Crippen LogP contribution in [0.15, 0.2) is 24.8 Å². The SMILES string of the molecule is Cc1n[nH]c(C)c1CC(=O)NCc1cnc2cnccn12. The summed E-state index contributed by atoms with van der Waals surface area (Å²) in [6.45, 7) is 4.24. The van der Waals surface area contributed by atoms with Crippen LogP contribution in [0.25, 0.3) is 5.65 Å². The highest BCUT2D eigenvalue weighted by molar-refractivity contribution is 5.79. The summed E-state index contributed by atoms with van der Waals surface area (Å²) in [5.41, 5.74) is 4.44. The first-order chi connectivity index (χ1) is 10.1. The van der Waals surface area contributed by atoms with Gasteiger partial charge in [0.2, 0.25) is 5.91 Å². The normalized spacial score (nSPS) is 11.0. The summed E-state index contributed by atoms with van der Waals surface area (Å²) in [6.07, 6.45) is 7.27. The second kappa shape index (κ2) is 5.35. The highest BCUT2D eigenvalue weighted by atomic mass is 16.1. The van der Waals surface area contributed by atoms with E-state index >= 15 is 0 Å². The number of fused-ring (bicyclic) bond motifs is 1. The van der Waals surface area contributed by atoms with Crippen molar-refractivity contribution < 1.29 is 4.79 Å². The van der Waals surface area contributed by atoms with Crippen molar-refractivity contribution in [2.45, 2.75) is 26.8 Å². The predicted molar refractivity (Wildman–Crippen MR) is 76.6 cm³/mol. The van der Waals surface area contributed by atoms with Crippen molar-refractivity contribution in [1.82, 2.24) is 29.9 Å². The number of nitrogens with zero attached hydrogens (tertiary/aromatic N) is 4. The Labute approximate surface area is 121 Å². The first-order valence-corrected chi connectivity index (χ1v) is 6.68. The molecule has 0 saturated heterocycles. The molecule has 0 bridgehead atoms. The molecule has 1 amide bonds. The smallest absolute Gasteiger partial charge is 0.224 e. The Morgan fingerprint density at radius 2 is 2.24 bits per heavy atom. The van der Waals surface area contributed by atoms with Crippen LogP contribution in [0.1, 0.15) is 22.6 Å². The molecule has 108 valence electrons. The number of amides is 1. The van der Waals surface area contributed by atoms with Gasteiger partial charge in [-0.3, -0.25) is 19.3 Å². The van der Waals surface area contributed by atoms with E-state index < -0.39 is 0 Å². The van der Waals surface area contributed by atoms with Gasteiger partial charge in [-0.1, -0.05) is 0 Å².